The highest BCUT2D eigenvalue weighted by molar-refractivity contribution is 7.89. The van der Waals surface area contributed by atoms with Crippen LogP contribution in [0.1, 0.15) is 67.5 Å². The van der Waals surface area contributed by atoms with Crippen molar-refractivity contribution in [2.75, 3.05) is 6.54 Å². The second-order valence-corrected chi connectivity index (χ2v) is 10.0. The lowest BCUT2D eigenvalue weighted by molar-refractivity contribution is 0.332. The minimum Gasteiger partial charge on any atom is -0.207 e. The molecule has 136 valence electrons. The van der Waals surface area contributed by atoms with Crippen LogP contribution >= 0.6 is 11.3 Å². The maximum absolute atomic E-state index is 13.4. The Morgan fingerprint density at radius 1 is 1.08 bits per heavy atom. The molecule has 5 heteroatoms. The number of thiophene rings is 1. The van der Waals surface area contributed by atoms with Gasteiger partial charge in [0.25, 0.3) is 0 Å². The molecule has 2 heterocycles. The second-order valence-electron chi connectivity index (χ2n) is 7.17. The smallest absolute Gasteiger partial charge is 0.207 e. The van der Waals surface area contributed by atoms with E-state index >= 15 is 0 Å². The molecule has 1 atom stereocenters. The Labute approximate surface area is 155 Å². The molecule has 1 aromatic heterocycles. The second kappa shape index (κ2) is 7.60. The van der Waals surface area contributed by atoms with E-state index in [1.807, 2.05) is 12.1 Å². The highest BCUT2D eigenvalue weighted by Crippen LogP contribution is 2.38. The lowest BCUT2D eigenvalue weighted by Gasteiger charge is -2.29. The van der Waals surface area contributed by atoms with Crippen LogP contribution in [0.5, 0.6) is 0 Å². The van der Waals surface area contributed by atoms with Crippen molar-refractivity contribution >= 4 is 21.4 Å². The number of benzene rings is 1. The van der Waals surface area contributed by atoms with Gasteiger partial charge in [-0.1, -0.05) is 38.8 Å². The van der Waals surface area contributed by atoms with Crippen molar-refractivity contribution < 1.29 is 8.42 Å². The zero-order valence-corrected chi connectivity index (χ0v) is 16.9. The summed E-state index contributed by atoms with van der Waals surface area (Å²) < 4.78 is 28.5. The zero-order chi connectivity index (χ0) is 18.0. The predicted molar refractivity (Wildman–Crippen MR) is 105 cm³/mol. The minimum absolute atomic E-state index is 0.0303. The monoisotopic (exact) mass is 377 g/mol. The van der Waals surface area contributed by atoms with E-state index in [1.54, 1.807) is 27.8 Å². The number of sulfonamides is 1. The third-order valence-electron chi connectivity index (χ3n) is 5.06. The van der Waals surface area contributed by atoms with Gasteiger partial charge in [-0.25, -0.2) is 8.42 Å². The molecule has 1 fully saturated rings. The topological polar surface area (TPSA) is 37.4 Å². The Hall–Kier alpha value is -1.17. The van der Waals surface area contributed by atoms with Crippen molar-refractivity contribution in [2.24, 2.45) is 0 Å². The molecule has 1 aromatic carbocycles. The Morgan fingerprint density at radius 3 is 2.40 bits per heavy atom. The van der Waals surface area contributed by atoms with Crippen molar-refractivity contribution in [3.8, 4) is 0 Å². The molecule has 2 aromatic rings. The van der Waals surface area contributed by atoms with Crippen LogP contribution in [0.3, 0.4) is 0 Å². The molecule has 1 aliphatic rings. The molecule has 0 aliphatic carbocycles. The zero-order valence-electron chi connectivity index (χ0n) is 15.2. The average Bonchev–Trinajstić information content (AvgIpc) is 2.86. The highest BCUT2D eigenvalue weighted by Gasteiger charge is 2.34. The van der Waals surface area contributed by atoms with Gasteiger partial charge in [-0.15, -0.1) is 11.3 Å². The number of nitrogens with zero attached hydrogens (tertiary/aromatic N) is 1. The number of rotatable bonds is 4. The van der Waals surface area contributed by atoms with E-state index in [0.717, 1.165) is 25.7 Å². The van der Waals surface area contributed by atoms with E-state index in [9.17, 15) is 8.42 Å². The summed E-state index contributed by atoms with van der Waals surface area (Å²) in [4.78, 5) is 1.61. The first-order valence-corrected chi connectivity index (χ1v) is 11.4. The maximum atomic E-state index is 13.4. The fraction of sp³-hybridized carbons (Fsp3) is 0.500. The van der Waals surface area contributed by atoms with E-state index in [0.29, 0.717) is 17.4 Å². The molecule has 3 rings (SSSR count). The van der Waals surface area contributed by atoms with Gasteiger partial charge in [-0.2, -0.15) is 4.31 Å². The normalized spacial score (nSPS) is 19.9. The first-order chi connectivity index (χ1) is 11.9. The van der Waals surface area contributed by atoms with Crippen LogP contribution in [0.2, 0.25) is 0 Å². The van der Waals surface area contributed by atoms with Gasteiger partial charge >= 0.3 is 0 Å². The third kappa shape index (κ3) is 3.83. The Bertz CT molecular complexity index is 806. The van der Waals surface area contributed by atoms with E-state index in [2.05, 4.69) is 32.2 Å². The van der Waals surface area contributed by atoms with E-state index in [4.69, 9.17) is 0 Å². The van der Waals surface area contributed by atoms with Crippen molar-refractivity contribution in [3.05, 3.63) is 51.7 Å². The summed E-state index contributed by atoms with van der Waals surface area (Å²) in [5.74, 6) is 0.399. The van der Waals surface area contributed by atoms with Crippen molar-refractivity contribution in [2.45, 2.75) is 63.3 Å². The Morgan fingerprint density at radius 2 is 1.80 bits per heavy atom. The maximum Gasteiger partial charge on any atom is 0.243 e. The van der Waals surface area contributed by atoms with Crippen LogP contribution in [0, 0.1) is 6.92 Å². The van der Waals surface area contributed by atoms with Gasteiger partial charge in [-0.3, -0.25) is 0 Å². The quantitative estimate of drug-likeness (QED) is 0.707. The van der Waals surface area contributed by atoms with Crippen LogP contribution in [-0.2, 0) is 10.0 Å². The molecular weight excluding hydrogens is 350 g/mol. The molecule has 25 heavy (non-hydrogen) atoms. The molecular formula is C20H27NO2S2. The minimum atomic E-state index is -3.48. The van der Waals surface area contributed by atoms with Crippen LogP contribution in [-0.4, -0.2) is 19.3 Å². The summed E-state index contributed by atoms with van der Waals surface area (Å²) >= 11 is 1.68. The van der Waals surface area contributed by atoms with Gasteiger partial charge in [0.15, 0.2) is 0 Å². The Kier molecular flexibility index (Phi) is 5.66. The number of hydrogen-bond donors (Lipinski definition) is 0. The molecule has 0 spiro atoms. The summed E-state index contributed by atoms with van der Waals surface area (Å²) in [5, 5.41) is 2.07. The molecule has 1 saturated heterocycles. The molecule has 0 saturated carbocycles. The summed E-state index contributed by atoms with van der Waals surface area (Å²) in [6, 6.07) is 9.49. The molecule has 0 radical (unpaired) electrons. The van der Waals surface area contributed by atoms with Crippen molar-refractivity contribution in [1.29, 1.82) is 0 Å². The van der Waals surface area contributed by atoms with Gasteiger partial charge in [0.1, 0.15) is 0 Å². The molecule has 3 nitrogen and oxygen atoms in total. The largest absolute Gasteiger partial charge is 0.243 e. The van der Waals surface area contributed by atoms with Gasteiger partial charge in [0.2, 0.25) is 10.0 Å². The van der Waals surface area contributed by atoms with Gasteiger partial charge in [0, 0.05) is 11.4 Å². The predicted octanol–water partition coefficient (Wildman–Crippen LogP) is 5.49. The van der Waals surface area contributed by atoms with Crippen molar-refractivity contribution in [3.63, 3.8) is 0 Å². The van der Waals surface area contributed by atoms with Crippen molar-refractivity contribution in [1.82, 2.24) is 4.31 Å². The van der Waals surface area contributed by atoms with Crippen LogP contribution in [0.4, 0.5) is 0 Å². The molecule has 0 unspecified atom stereocenters. The first-order valence-electron chi connectivity index (χ1n) is 9.07. The summed E-state index contributed by atoms with van der Waals surface area (Å²) in [7, 11) is -3.48. The summed E-state index contributed by atoms with van der Waals surface area (Å²) in [6.45, 7) is 6.93. The van der Waals surface area contributed by atoms with E-state index < -0.39 is 10.0 Å². The molecule has 0 amide bonds. The van der Waals surface area contributed by atoms with Crippen LogP contribution in [0.25, 0.3) is 0 Å². The molecule has 0 bridgehead atoms. The van der Waals surface area contributed by atoms with E-state index in [-0.39, 0.29) is 6.04 Å². The number of hydrogen-bond acceptors (Lipinski definition) is 3. The fourth-order valence-electron chi connectivity index (χ4n) is 3.52. The van der Waals surface area contributed by atoms with Gasteiger partial charge in [0.05, 0.1) is 10.9 Å². The van der Waals surface area contributed by atoms with E-state index in [1.165, 1.54) is 16.0 Å². The average molecular weight is 378 g/mol. The molecule has 1 aliphatic heterocycles. The SMILES string of the molecule is Cc1ccsc1[C@@H]1CCCCCN1S(=O)(=O)c1ccc(C(C)C)cc1. The Balaban J connectivity index is 1.98. The summed E-state index contributed by atoms with van der Waals surface area (Å²) in [5.41, 5.74) is 2.37. The highest BCUT2D eigenvalue weighted by atomic mass is 32.2. The summed E-state index contributed by atoms with van der Waals surface area (Å²) in [6.07, 6.45) is 4.02. The van der Waals surface area contributed by atoms with Crippen LogP contribution in [0.15, 0.2) is 40.6 Å². The first kappa shape index (κ1) is 18.6. The van der Waals surface area contributed by atoms with Gasteiger partial charge < -0.3 is 0 Å². The molecule has 0 N–H and O–H groups in total. The van der Waals surface area contributed by atoms with Crippen LogP contribution < -0.4 is 0 Å². The lowest BCUT2D eigenvalue weighted by Crippen LogP contribution is -2.34. The van der Waals surface area contributed by atoms with Gasteiger partial charge in [-0.05, 0) is 60.4 Å². The lowest BCUT2D eigenvalue weighted by atomic mass is 10.0. The fourth-order valence-corrected chi connectivity index (χ4v) is 6.33. The number of aryl methyl sites for hydroxylation is 1. The standard InChI is InChI=1S/C20H27NO2S2/c1-15(2)17-8-10-18(11-9-17)25(22,23)21-13-6-4-5-7-19(21)20-16(3)12-14-24-20/h8-12,14-15,19H,4-7,13H2,1-3H3/t19-/m0/s1. The third-order valence-corrected chi connectivity index (χ3v) is 8.10.